The molecule has 1 atom stereocenters. The molecular weight excluding hydrogens is 202 g/mol. The molecule has 1 aliphatic heterocycles. The summed E-state index contributed by atoms with van der Waals surface area (Å²) in [7, 11) is 0. The molecule has 0 saturated carbocycles. The van der Waals surface area contributed by atoms with Crippen LogP contribution in [0.4, 0.5) is 5.95 Å². The van der Waals surface area contributed by atoms with Gasteiger partial charge in [-0.05, 0) is 18.6 Å². The first-order valence-corrected chi connectivity index (χ1v) is 5.43. The lowest BCUT2D eigenvalue weighted by Gasteiger charge is -2.21. The standard InChI is InChI=1S/C11H13N5/c12-11-14-10-5-4-8(7-16(10)15-11)9-3-1-2-6-13-9/h1-3,6,8H,4-5,7H2,(H2,12,15). The molecule has 1 aliphatic rings. The van der Waals surface area contributed by atoms with Crippen LogP contribution in [-0.2, 0) is 13.0 Å². The van der Waals surface area contributed by atoms with E-state index in [1.165, 1.54) is 0 Å². The fourth-order valence-corrected chi connectivity index (χ4v) is 2.19. The average Bonchev–Trinajstić information content (AvgIpc) is 2.69. The quantitative estimate of drug-likeness (QED) is 0.770. The fraction of sp³-hybridized carbons (Fsp3) is 0.364. The molecule has 82 valence electrons. The minimum absolute atomic E-state index is 0.372. The Kier molecular flexibility index (Phi) is 2.09. The Labute approximate surface area is 93.3 Å². The van der Waals surface area contributed by atoms with Crippen LogP contribution in [0.25, 0.3) is 0 Å². The van der Waals surface area contributed by atoms with Crippen LogP contribution >= 0.6 is 0 Å². The molecule has 0 fully saturated rings. The highest BCUT2D eigenvalue weighted by atomic mass is 15.4. The van der Waals surface area contributed by atoms with E-state index in [1.54, 1.807) is 0 Å². The molecule has 0 aromatic carbocycles. The molecule has 2 aromatic heterocycles. The monoisotopic (exact) mass is 215 g/mol. The van der Waals surface area contributed by atoms with Crippen molar-refractivity contribution in [2.75, 3.05) is 5.73 Å². The molecule has 0 amide bonds. The predicted octanol–water partition coefficient (Wildman–Crippen LogP) is 0.985. The molecule has 1 unspecified atom stereocenters. The summed E-state index contributed by atoms with van der Waals surface area (Å²) in [6.07, 6.45) is 3.82. The van der Waals surface area contributed by atoms with Crippen molar-refractivity contribution in [2.45, 2.75) is 25.3 Å². The van der Waals surface area contributed by atoms with E-state index in [1.807, 2.05) is 23.0 Å². The van der Waals surface area contributed by atoms with Crippen molar-refractivity contribution in [1.29, 1.82) is 0 Å². The summed E-state index contributed by atoms with van der Waals surface area (Å²) in [6.45, 7) is 0.830. The van der Waals surface area contributed by atoms with Crippen LogP contribution in [0.5, 0.6) is 0 Å². The van der Waals surface area contributed by atoms with E-state index in [4.69, 9.17) is 5.73 Å². The van der Waals surface area contributed by atoms with E-state index in [-0.39, 0.29) is 0 Å². The number of hydrogen-bond acceptors (Lipinski definition) is 4. The van der Waals surface area contributed by atoms with Crippen molar-refractivity contribution in [1.82, 2.24) is 19.7 Å². The van der Waals surface area contributed by atoms with Crippen molar-refractivity contribution in [3.8, 4) is 0 Å². The Balaban J connectivity index is 1.88. The molecule has 0 saturated heterocycles. The van der Waals surface area contributed by atoms with Gasteiger partial charge in [0, 0.05) is 24.2 Å². The number of nitrogens with zero attached hydrogens (tertiary/aromatic N) is 4. The molecular formula is C11H13N5. The van der Waals surface area contributed by atoms with Gasteiger partial charge in [-0.2, -0.15) is 4.98 Å². The number of aromatic nitrogens is 4. The van der Waals surface area contributed by atoms with Gasteiger partial charge in [-0.25, -0.2) is 4.68 Å². The van der Waals surface area contributed by atoms with Crippen LogP contribution in [-0.4, -0.2) is 19.7 Å². The maximum absolute atomic E-state index is 5.58. The van der Waals surface area contributed by atoms with Gasteiger partial charge in [0.1, 0.15) is 5.82 Å². The van der Waals surface area contributed by atoms with Crippen LogP contribution in [0.15, 0.2) is 24.4 Å². The number of nitrogen functional groups attached to an aromatic ring is 1. The first kappa shape index (κ1) is 9.33. The number of pyridine rings is 1. The van der Waals surface area contributed by atoms with Gasteiger partial charge in [0.2, 0.25) is 5.95 Å². The lowest BCUT2D eigenvalue weighted by atomic mass is 9.96. The summed E-state index contributed by atoms with van der Waals surface area (Å²) < 4.78 is 1.90. The fourth-order valence-electron chi connectivity index (χ4n) is 2.19. The zero-order valence-corrected chi connectivity index (χ0v) is 8.87. The van der Waals surface area contributed by atoms with Crippen molar-refractivity contribution in [2.24, 2.45) is 0 Å². The van der Waals surface area contributed by atoms with Gasteiger partial charge >= 0.3 is 0 Å². The second-order valence-corrected chi connectivity index (χ2v) is 4.06. The second-order valence-electron chi connectivity index (χ2n) is 4.06. The molecule has 0 radical (unpaired) electrons. The third kappa shape index (κ3) is 1.54. The van der Waals surface area contributed by atoms with Gasteiger partial charge in [0.25, 0.3) is 0 Å². The minimum atomic E-state index is 0.372. The Hall–Kier alpha value is -1.91. The van der Waals surface area contributed by atoms with Crippen LogP contribution in [0.3, 0.4) is 0 Å². The van der Waals surface area contributed by atoms with Crippen molar-refractivity contribution >= 4 is 5.95 Å². The zero-order chi connectivity index (χ0) is 11.0. The molecule has 3 heterocycles. The minimum Gasteiger partial charge on any atom is -0.366 e. The van der Waals surface area contributed by atoms with Gasteiger partial charge in [-0.3, -0.25) is 4.98 Å². The predicted molar refractivity (Wildman–Crippen MR) is 59.7 cm³/mol. The first-order valence-electron chi connectivity index (χ1n) is 5.43. The zero-order valence-electron chi connectivity index (χ0n) is 8.87. The van der Waals surface area contributed by atoms with Gasteiger partial charge in [-0.15, -0.1) is 5.10 Å². The number of rotatable bonds is 1. The molecule has 0 bridgehead atoms. The molecule has 3 rings (SSSR count). The largest absolute Gasteiger partial charge is 0.366 e. The Morgan fingerprint density at radius 2 is 2.31 bits per heavy atom. The van der Waals surface area contributed by atoms with E-state index in [0.717, 1.165) is 30.9 Å². The first-order chi connectivity index (χ1) is 7.83. The summed E-state index contributed by atoms with van der Waals surface area (Å²) in [4.78, 5) is 8.58. The summed E-state index contributed by atoms with van der Waals surface area (Å²) in [5.74, 6) is 1.79. The molecule has 0 aliphatic carbocycles. The number of hydrogen-bond donors (Lipinski definition) is 1. The number of aryl methyl sites for hydroxylation is 1. The Bertz CT molecular complexity index is 490. The molecule has 0 spiro atoms. The molecule has 5 heteroatoms. The van der Waals surface area contributed by atoms with Gasteiger partial charge in [0.05, 0.1) is 6.54 Å². The Morgan fingerprint density at radius 1 is 1.38 bits per heavy atom. The molecule has 5 nitrogen and oxygen atoms in total. The molecule has 2 N–H and O–H groups in total. The van der Waals surface area contributed by atoms with Gasteiger partial charge in [-0.1, -0.05) is 6.07 Å². The van der Waals surface area contributed by atoms with Crippen molar-refractivity contribution < 1.29 is 0 Å². The highest BCUT2D eigenvalue weighted by Crippen LogP contribution is 2.26. The third-order valence-electron chi connectivity index (χ3n) is 2.98. The van der Waals surface area contributed by atoms with Crippen LogP contribution in [0.1, 0.15) is 23.9 Å². The summed E-state index contributed by atoms with van der Waals surface area (Å²) in [5, 5.41) is 4.18. The molecule has 16 heavy (non-hydrogen) atoms. The number of nitrogens with two attached hydrogens (primary N) is 1. The van der Waals surface area contributed by atoms with Gasteiger partial charge in [0.15, 0.2) is 0 Å². The smallest absolute Gasteiger partial charge is 0.239 e. The second kappa shape index (κ2) is 3.59. The number of anilines is 1. The highest BCUT2D eigenvalue weighted by Gasteiger charge is 2.22. The van der Waals surface area contributed by atoms with Crippen LogP contribution in [0, 0.1) is 0 Å². The normalized spacial score (nSPS) is 19.4. The van der Waals surface area contributed by atoms with E-state index in [2.05, 4.69) is 21.1 Å². The van der Waals surface area contributed by atoms with Crippen molar-refractivity contribution in [3.63, 3.8) is 0 Å². The maximum Gasteiger partial charge on any atom is 0.239 e. The molecule has 2 aromatic rings. The van der Waals surface area contributed by atoms with E-state index in [9.17, 15) is 0 Å². The lowest BCUT2D eigenvalue weighted by Crippen LogP contribution is -2.20. The van der Waals surface area contributed by atoms with E-state index >= 15 is 0 Å². The van der Waals surface area contributed by atoms with Crippen molar-refractivity contribution in [3.05, 3.63) is 35.9 Å². The summed E-state index contributed by atoms with van der Waals surface area (Å²) in [6, 6.07) is 6.02. The van der Waals surface area contributed by atoms with Crippen LogP contribution in [0.2, 0.25) is 0 Å². The maximum atomic E-state index is 5.58. The van der Waals surface area contributed by atoms with E-state index < -0.39 is 0 Å². The number of fused-ring (bicyclic) bond motifs is 1. The topological polar surface area (TPSA) is 69.6 Å². The lowest BCUT2D eigenvalue weighted by molar-refractivity contribution is 0.417. The highest BCUT2D eigenvalue weighted by molar-refractivity contribution is 5.17. The summed E-state index contributed by atoms with van der Waals surface area (Å²) in [5.41, 5.74) is 6.71. The van der Waals surface area contributed by atoms with E-state index in [0.29, 0.717) is 11.9 Å². The van der Waals surface area contributed by atoms with Crippen LogP contribution < -0.4 is 5.73 Å². The Morgan fingerprint density at radius 3 is 3.12 bits per heavy atom. The third-order valence-corrected chi connectivity index (χ3v) is 2.98. The van der Waals surface area contributed by atoms with Gasteiger partial charge < -0.3 is 5.73 Å². The SMILES string of the molecule is Nc1nc2n(n1)CC(c1ccccn1)CC2. The summed E-state index contributed by atoms with van der Waals surface area (Å²) >= 11 is 0. The average molecular weight is 215 g/mol.